The average molecular weight is 408 g/mol. The molecule has 5 atom stereocenters. The first-order valence-electron chi connectivity index (χ1n) is 11.7. The Kier molecular flexibility index (Phi) is 10.0. The third-order valence-electron chi connectivity index (χ3n) is 5.97. The number of rotatable bonds is 14. The van der Waals surface area contributed by atoms with Gasteiger partial charge >= 0.3 is 14.2 Å². The smallest absolute Gasteiger partial charge is 0.408 e. The van der Waals surface area contributed by atoms with Gasteiger partial charge in [-0.25, -0.2) is 0 Å². The molecule has 3 saturated heterocycles. The number of unbranched alkanes of at least 4 members (excludes halogenated alkanes) is 7. The maximum atomic E-state index is 6.20. The Bertz CT molecular complexity index is 482. The highest BCUT2D eigenvalue weighted by Gasteiger charge is 2.57. The summed E-state index contributed by atoms with van der Waals surface area (Å²) >= 11 is 0. The maximum Gasteiger partial charge on any atom is 0.457 e. The van der Waals surface area contributed by atoms with Crippen LogP contribution in [0.5, 0.6) is 0 Å². The van der Waals surface area contributed by atoms with E-state index in [0.717, 1.165) is 25.5 Å². The van der Waals surface area contributed by atoms with Crippen LogP contribution in [0.15, 0.2) is 12.7 Å². The second kappa shape index (κ2) is 12.5. The third kappa shape index (κ3) is 6.55. The lowest BCUT2D eigenvalue weighted by Gasteiger charge is -2.23. The van der Waals surface area contributed by atoms with Gasteiger partial charge in [0.15, 0.2) is 6.29 Å². The summed E-state index contributed by atoms with van der Waals surface area (Å²) in [6.45, 7) is 9.12. The first-order chi connectivity index (χ1) is 14.3. The van der Waals surface area contributed by atoms with E-state index in [1.54, 1.807) is 0 Å². The lowest BCUT2D eigenvalue weighted by atomic mass is 9.86. The van der Waals surface area contributed by atoms with E-state index in [-0.39, 0.29) is 44.9 Å². The predicted octanol–water partition coefficient (Wildman–Crippen LogP) is 4.25. The molecule has 0 saturated carbocycles. The van der Waals surface area contributed by atoms with Gasteiger partial charge in [-0.15, -0.1) is 6.58 Å². The highest BCUT2D eigenvalue weighted by Crippen LogP contribution is 2.37. The molecule has 3 rings (SSSR count). The van der Waals surface area contributed by atoms with Crippen molar-refractivity contribution >= 4 is 14.2 Å². The molecule has 0 aromatic heterocycles. The fourth-order valence-electron chi connectivity index (χ4n) is 4.29. The highest BCUT2D eigenvalue weighted by atomic mass is 16.8. The first-order valence-corrected chi connectivity index (χ1v) is 11.7. The van der Waals surface area contributed by atoms with Gasteiger partial charge in [-0.05, 0) is 31.9 Å². The lowest BCUT2D eigenvalue weighted by Crippen LogP contribution is -2.39. The molecule has 3 aliphatic heterocycles. The molecule has 164 valence electrons. The van der Waals surface area contributed by atoms with Crippen LogP contribution in [-0.2, 0) is 28.1 Å². The van der Waals surface area contributed by atoms with E-state index in [4.69, 9.17) is 28.1 Å². The molecule has 0 spiro atoms. The lowest BCUT2D eigenvalue weighted by molar-refractivity contribution is -0.175. The average Bonchev–Trinajstić information content (AvgIpc) is 3.44. The maximum absolute atomic E-state index is 6.20. The number of hydrogen-bond donors (Lipinski definition) is 0. The van der Waals surface area contributed by atoms with E-state index in [9.17, 15) is 0 Å². The van der Waals surface area contributed by atoms with Crippen molar-refractivity contribution in [3.05, 3.63) is 12.7 Å². The van der Waals surface area contributed by atoms with Crippen LogP contribution in [0.25, 0.3) is 0 Å². The normalized spacial score (nSPS) is 31.6. The Morgan fingerprint density at radius 1 is 0.862 bits per heavy atom. The van der Waals surface area contributed by atoms with E-state index < -0.39 is 0 Å². The van der Waals surface area contributed by atoms with Crippen LogP contribution in [0.2, 0.25) is 12.6 Å². The zero-order chi connectivity index (χ0) is 20.5. The molecule has 29 heavy (non-hydrogen) atoms. The fourth-order valence-corrected chi connectivity index (χ4v) is 4.29. The second-order valence-electron chi connectivity index (χ2n) is 8.28. The molecule has 0 amide bonds. The van der Waals surface area contributed by atoms with Crippen LogP contribution in [-0.4, -0.2) is 58.2 Å². The van der Waals surface area contributed by atoms with Crippen molar-refractivity contribution in [1.29, 1.82) is 0 Å². The van der Waals surface area contributed by atoms with Crippen molar-refractivity contribution in [3.8, 4) is 0 Å². The van der Waals surface area contributed by atoms with Gasteiger partial charge in [0.25, 0.3) is 0 Å². The van der Waals surface area contributed by atoms with Crippen LogP contribution in [0.4, 0.5) is 0 Å². The standard InChI is InChI=1S/C21H38B2O6/c1-4-7-8-9-10-11-12-13-14-15-24-21-20-19(28-23(6-3)29-20)18(26-21)17-16-25-22(5-2)27-17/h4,17-21H,1,5-16H2,2-3H3. The molecule has 3 heterocycles. The van der Waals surface area contributed by atoms with Crippen molar-refractivity contribution in [1.82, 2.24) is 0 Å². The second-order valence-corrected chi connectivity index (χ2v) is 8.28. The SMILES string of the molecule is C=CCCCCCCCCCOC1OC(C2COB(CC)O2)C2OB(CC)OC12. The molecule has 6 nitrogen and oxygen atoms in total. The van der Waals surface area contributed by atoms with Gasteiger partial charge in [0.05, 0.1) is 12.7 Å². The van der Waals surface area contributed by atoms with Gasteiger partial charge in [-0.3, -0.25) is 0 Å². The van der Waals surface area contributed by atoms with Crippen LogP contribution < -0.4 is 0 Å². The van der Waals surface area contributed by atoms with E-state index in [0.29, 0.717) is 13.2 Å². The quantitative estimate of drug-likeness (QED) is 0.243. The molecule has 0 radical (unpaired) electrons. The Morgan fingerprint density at radius 2 is 1.55 bits per heavy atom. The summed E-state index contributed by atoms with van der Waals surface area (Å²) in [7, 11) is -0.337. The largest absolute Gasteiger partial charge is 0.457 e. The van der Waals surface area contributed by atoms with Crippen LogP contribution in [0.3, 0.4) is 0 Å². The van der Waals surface area contributed by atoms with Crippen molar-refractivity contribution in [2.45, 2.75) is 109 Å². The molecule has 0 N–H and O–H groups in total. The molecule has 3 aliphatic rings. The minimum Gasteiger partial charge on any atom is -0.408 e. The Balaban J connectivity index is 1.36. The molecule has 0 aromatic carbocycles. The summed E-state index contributed by atoms with van der Waals surface area (Å²) in [5.41, 5.74) is 0. The molecule has 0 aromatic rings. The Hall–Kier alpha value is -0.370. The van der Waals surface area contributed by atoms with E-state index >= 15 is 0 Å². The van der Waals surface area contributed by atoms with Crippen molar-refractivity contribution in [2.75, 3.05) is 13.2 Å². The van der Waals surface area contributed by atoms with E-state index in [2.05, 4.69) is 20.4 Å². The number of hydrogen-bond acceptors (Lipinski definition) is 6. The number of ether oxygens (including phenoxy) is 2. The summed E-state index contributed by atoms with van der Waals surface area (Å²) in [6, 6.07) is 0. The molecule has 3 fully saturated rings. The molecule has 8 heteroatoms. The van der Waals surface area contributed by atoms with E-state index in [1.807, 2.05) is 6.08 Å². The Labute approximate surface area is 177 Å². The number of allylic oxidation sites excluding steroid dienone is 1. The van der Waals surface area contributed by atoms with Gasteiger partial charge in [0, 0.05) is 6.61 Å². The van der Waals surface area contributed by atoms with Crippen LogP contribution >= 0.6 is 0 Å². The molecular formula is C21H38B2O6. The molecule has 5 unspecified atom stereocenters. The molecule has 0 aliphatic carbocycles. The summed E-state index contributed by atoms with van der Waals surface area (Å²) in [4.78, 5) is 0. The van der Waals surface area contributed by atoms with Crippen LogP contribution in [0.1, 0.15) is 65.2 Å². The summed E-state index contributed by atoms with van der Waals surface area (Å²) < 4.78 is 36.1. The fraction of sp³-hybridized carbons (Fsp3) is 0.905. The van der Waals surface area contributed by atoms with Gasteiger partial charge in [0.2, 0.25) is 0 Å². The predicted molar refractivity (Wildman–Crippen MR) is 115 cm³/mol. The summed E-state index contributed by atoms with van der Waals surface area (Å²) in [5, 5.41) is 0. The van der Waals surface area contributed by atoms with Gasteiger partial charge in [-0.2, -0.15) is 0 Å². The zero-order valence-corrected chi connectivity index (χ0v) is 18.3. The minimum atomic E-state index is -0.385. The van der Waals surface area contributed by atoms with Crippen molar-refractivity contribution in [2.24, 2.45) is 0 Å². The van der Waals surface area contributed by atoms with Gasteiger partial charge in [-0.1, -0.05) is 52.0 Å². The minimum absolute atomic E-state index is 0.124. The van der Waals surface area contributed by atoms with Crippen molar-refractivity contribution < 1.29 is 28.1 Å². The topological polar surface area (TPSA) is 55.4 Å². The Morgan fingerprint density at radius 3 is 2.24 bits per heavy atom. The highest BCUT2D eigenvalue weighted by molar-refractivity contribution is 6.45. The van der Waals surface area contributed by atoms with Gasteiger partial charge < -0.3 is 28.1 Å². The van der Waals surface area contributed by atoms with Crippen LogP contribution in [0, 0.1) is 0 Å². The first kappa shape index (κ1) is 23.3. The summed E-state index contributed by atoms with van der Waals surface area (Å²) in [5.74, 6) is 0. The monoisotopic (exact) mass is 408 g/mol. The van der Waals surface area contributed by atoms with Crippen molar-refractivity contribution in [3.63, 3.8) is 0 Å². The third-order valence-corrected chi connectivity index (χ3v) is 5.97. The summed E-state index contributed by atoms with van der Waals surface area (Å²) in [6.07, 6.45) is 12.5. The molecule has 0 bridgehead atoms. The van der Waals surface area contributed by atoms with Gasteiger partial charge in [0.1, 0.15) is 18.3 Å². The molecular weight excluding hydrogens is 370 g/mol. The van der Waals surface area contributed by atoms with E-state index in [1.165, 1.54) is 38.5 Å². The zero-order valence-electron chi connectivity index (χ0n) is 18.3. The number of fused-ring (bicyclic) bond motifs is 1.